The zero-order chi connectivity index (χ0) is 10.8. The predicted molar refractivity (Wildman–Crippen MR) is 51.3 cm³/mol. The van der Waals surface area contributed by atoms with Crippen LogP contribution in [0.25, 0.3) is 0 Å². The van der Waals surface area contributed by atoms with E-state index in [1.807, 2.05) is 0 Å². The molecular formula is C7H8N2O4S. The summed E-state index contributed by atoms with van der Waals surface area (Å²) in [6.07, 6.45) is 6.47. The molecule has 1 atom stereocenters. The van der Waals surface area contributed by atoms with Gasteiger partial charge in [-0.1, -0.05) is 12.2 Å². The molecule has 7 heteroatoms. The van der Waals surface area contributed by atoms with Crippen molar-refractivity contribution >= 4 is 15.7 Å². The number of rotatable bonds is 2. The Bertz CT molecular complexity index is 433. The number of hydrogen-bond donors (Lipinski definition) is 0. The van der Waals surface area contributed by atoms with Crippen LogP contribution in [0.15, 0.2) is 28.7 Å². The second kappa shape index (κ2) is 3.70. The minimum atomic E-state index is -3.59. The van der Waals surface area contributed by atoms with Gasteiger partial charge in [-0.2, -0.15) is 4.40 Å². The van der Waals surface area contributed by atoms with Crippen LogP contribution in [0.3, 0.4) is 0 Å². The molecular weight excluding hydrogens is 208 g/mol. The zero-order valence-corrected chi connectivity index (χ0v) is 8.14. The lowest BCUT2D eigenvalue weighted by atomic mass is 10.1. The summed E-state index contributed by atoms with van der Waals surface area (Å²) in [5.74, 6) is 0. The van der Waals surface area contributed by atoms with E-state index in [4.69, 9.17) is 0 Å². The van der Waals surface area contributed by atoms with Crippen molar-refractivity contribution in [3.05, 3.63) is 34.4 Å². The van der Waals surface area contributed by atoms with Crippen molar-refractivity contribution < 1.29 is 13.3 Å². The summed E-state index contributed by atoms with van der Waals surface area (Å²) in [5.41, 5.74) is -0.0694. The first-order valence-electron chi connectivity index (χ1n) is 3.68. The molecule has 1 aliphatic carbocycles. The average molecular weight is 216 g/mol. The van der Waals surface area contributed by atoms with Gasteiger partial charge in [-0.25, -0.2) is 8.42 Å². The third-order valence-corrected chi connectivity index (χ3v) is 2.02. The maximum Gasteiger partial charge on any atom is 0.274 e. The van der Waals surface area contributed by atoms with Crippen LogP contribution >= 0.6 is 0 Å². The van der Waals surface area contributed by atoms with Crippen LogP contribution in [-0.2, 0) is 10.0 Å². The fraction of sp³-hybridized carbons (Fsp3) is 0.286. The molecule has 0 N–H and O–H groups in total. The minimum absolute atomic E-state index is 0.0694. The maximum absolute atomic E-state index is 10.8. The Balaban J connectivity index is 3.10. The molecule has 0 unspecified atom stereocenters. The van der Waals surface area contributed by atoms with E-state index in [2.05, 4.69) is 4.40 Å². The van der Waals surface area contributed by atoms with Gasteiger partial charge in [0.15, 0.2) is 0 Å². The molecule has 0 saturated heterocycles. The maximum atomic E-state index is 10.8. The smallest absolute Gasteiger partial charge is 0.263 e. The van der Waals surface area contributed by atoms with Crippen molar-refractivity contribution in [2.24, 2.45) is 4.40 Å². The van der Waals surface area contributed by atoms with Gasteiger partial charge in [0, 0.05) is 4.92 Å². The van der Waals surface area contributed by atoms with Gasteiger partial charge in [-0.15, -0.1) is 0 Å². The second-order valence-corrected chi connectivity index (χ2v) is 4.37. The standard InChI is InChI=1S/C7H8N2O4S/c1-14(12,13)8-6-4-2-3-5-7(6)9(10)11/h2-5,7H,1H3/b8-6+/t7-/m1/s1. The third kappa shape index (κ3) is 2.77. The van der Waals surface area contributed by atoms with Crippen LogP contribution in [0.2, 0.25) is 0 Å². The Hall–Kier alpha value is -1.50. The summed E-state index contributed by atoms with van der Waals surface area (Å²) in [6.45, 7) is 0. The fourth-order valence-electron chi connectivity index (χ4n) is 0.975. The van der Waals surface area contributed by atoms with E-state index in [1.165, 1.54) is 24.3 Å². The molecule has 0 spiro atoms. The highest BCUT2D eigenvalue weighted by Crippen LogP contribution is 2.06. The van der Waals surface area contributed by atoms with E-state index in [0.717, 1.165) is 6.26 Å². The highest BCUT2D eigenvalue weighted by molar-refractivity contribution is 7.89. The molecule has 0 saturated carbocycles. The average Bonchev–Trinajstić information content (AvgIpc) is 2.01. The quantitative estimate of drug-likeness (QED) is 0.485. The number of nitrogens with zero attached hydrogens (tertiary/aromatic N) is 2. The molecule has 1 aliphatic rings. The Labute approximate surface area is 80.9 Å². The Kier molecular flexibility index (Phi) is 2.80. The highest BCUT2D eigenvalue weighted by atomic mass is 32.2. The van der Waals surface area contributed by atoms with E-state index in [-0.39, 0.29) is 5.71 Å². The monoisotopic (exact) mass is 216 g/mol. The number of nitro groups is 1. The van der Waals surface area contributed by atoms with E-state index in [1.54, 1.807) is 0 Å². The fourth-order valence-corrected chi connectivity index (χ4v) is 1.53. The lowest BCUT2D eigenvalue weighted by Crippen LogP contribution is -2.28. The summed E-state index contributed by atoms with van der Waals surface area (Å²) in [7, 11) is -3.59. The SMILES string of the molecule is CS(=O)(=O)/N=C1\C=CC=C[C@H]1[N+](=O)[O-]. The molecule has 0 amide bonds. The number of allylic oxidation sites excluding steroid dienone is 2. The molecule has 14 heavy (non-hydrogen) atoms. The van der Waals surface area contributed by atoms with Gasteiger partial charge in [0.25, 0.3) is 16.1 Å². The van der Waals surface area contributed by atoms with Gasteiger partial charge < -0.3 is 0 Å². The summed E-state index contributed by atoms with van der Waals surface area (Å²) >= 11 is 0. The normalized spacial score (nSPS) is 24.1. The topological polar surface area (TPSA) is 89.6 Å². The molecule has 6 nitrogen and oxygen atoms in total. The van der Waals surface area contributed by atoms with Gasteiger partial charge in [-0.05, 0) is 12.2 Å². The van der Waals surface area contributed by atoms with Crippen molar-refractivity contribution in [3.63, 3.8) is 0 Å². The van der Waals surface area contributed by atoms with Crippen molar-refractivity contribution in [1.29, 1.82) is 0 Å². The second-order valence-electron chi connectivity index (χ2n) is 2.72. The molecule has 76 valence electrons. The van der Waals surface area contributed by atoms with Crippen LogP contribution in [0.4, 0.5) is 0 Å². The van der Waals surface area contributed by atoms with E-state index in [0.29, 0.717) is 0 Å². The molecule has 0 aliphatic heterocycles. The van der Waals surface area contributed by atoms with E-state index < -0.39 is 21.0 Å². The van der Waals surface area contributed by atoms with Crippen molar-refractivity contribution in [1.82, 2.24) is 0 Å². The molecule has 0 aromatic carbocycles. The minimum Gasteiger partial charge on any atom is -0.263 e. The van der Waals surface area contributed by atoms with Gasteiger partial charge in [0.2, 0.25) is 0 Å². The van der Waals surface area contributed by atoms with Crippen LogP contribution < -0.4 is 0 Å². The molecule has 0 heterocycles. The van der Waals surface area contributed by atoms with Crippen LogP contribution in [0.1, 0.15) is 0 Å². The first-order valence-corrected chi connectivity index (χ1v) is 5.53. The van der Waals surface area contributed by atoms with Crippen molar-refractivity contribution in [2.75, 3.05) is 6.26 Å². The molecule has 0 bridgehead atoms. The van der Waals surface area contributed by atoms with Crippen LogP contribution in [0, 0.1) is 10.1 Å². The van der Waals surface area contributed by atoms with Crippen LogP contribution in [0.5, 0.6) is 0 Å². The van der Waals surface area contributed by atoms with E-state index in [9.17, 15) is 18.5 Å². The third-order valence-electron chi connectivity index (χ3n) is 1.47. The van der Waals surface area contributed by atoms with Gasteiger partial charge in [-0.3, -0.25) is 10.1 Å². The van der Waals surface area contributed by atoms with E-state index >= 15 is 0 Å². The lowest BCUT2D eigenvalue weighted by molar-refractivity contribution is -0.490. The Morgan fingerprint density at radius 3 is 2.64 bits per heavy atom. The molecule has 0 radical (unpaired) electrons. The lowest BCUT2D eigenvalue weighted by Gasteiger charge is -2.06. The zero-order valence-electron chi connectivity index (χ0n) is 7.32. The molecule has 0 fully saturated rings. The summed E-state index contributed by atoms with van der Waals surface area (Å²) in [5, 5.41) is 10.5. The van der Waals surface area contributed by atoms with Crippen molar-refractivity contribution in [3.8, 4) is 0 Å². The first kappa shape index (κ1) is 10.6. The summed E-state index contributed by atoms with van der Waals surface area (Å²) in [6, 6.07) is -1.17. The van der Waals surface area contributed by atoms with Gasteiger partial charge >= 0.3 is 0 Å². The summed E-state index contributed by atoms with van der Waals surface area (Å²) < 4.78 is 24.9. The predicted octanol–water partition coefficient (Wildman–Crippen LogP) is 0.158. The van der Waals surface area contributed by atoms with Gasteiger partial charge in [0.1, 0.15) is 5.71 Å². The molecule has 1 rings (SSSR count). The molecule has 0 aromatic rings. The van der Waals surface area contributed by atoms with Gasteiger partial charge in [0.05, 0.1) is 6.26 Å². The Morgan fingerprint density at radius 2 is 2.14 bits per heavy atom. The number of hydrogen-bond acceptors (Lipinski definition) is 4. The largest absolute Gasteiger partial charge is 0.274 e. The first-order chi connectivity index (χ1) is 6.40. The Morgan fingerprint density at radius 1 is 1.50 bits per heavy atom. The number of sulfonamides is 1. The van der Waals surface area contributed by atoms with Crippen LogP contribution in [-0.4, -0.2) is 31.4 Å². The summed E-state index contributed by atoms with van der Waals surface area (Å²) in [4.78, 5) is 9.90. The highest BCUT2D eigenvalue weighted by Gasteiger charge is 2.24. The van der Waals surface area contributed by atoms with Crippen molar-refractivity contribution in [2.45, 2.75) is 6.04 Å². The molecule has 0 aromatic heterocycles.